The number of carbonyl (C=O) groups excluding carboxylic acids is 1. The fraction of sp³-hybridized carbons (Fsp3) is 0.250. The van der Waals surface area contributed by atoms with Crippen LogP contribution in [-0.2, 0) is 17.8 Å². The van der Waals surface area contributed by atoms with Crippen LogP contribution in [0.25, 0.3) is 6.08 Å². The Hall–Kier alpha value is -2.42. The summed E-state index contributed by atoms with van der Waals surface area (Å²) in [4.78, 5) is 11.8. The highest BCUT2D eigenvalue weighted by Crippen LogP contribution is 2.10. The first kappa shape index (κ1) is 16.9. The number of carbonyl (C=O) groups is 1. The maximum atomic E-state index is 12.8. The molecule has 23 heavy (non-hydrogen) atoms. The molecule has 1 amide bonds. The third-order valence-corrected chi connectivity index (χ3v) is 3.43. The van der Waals surface area contributed by atoms with E-state index in [0.717, 1.165) is 17.5 Å². The predicted octanol–water partition coefficient (Wildman–Crippen LogP) is 4.35. The molecule has 0 fully saturated rings. The monoisotopic (exact) mass is 311 g/mol. The molecule has 0 aliphatic rings. The van der Waals surface area contributed by atoms with Gasteiger partial charge in [-0.2, -0.15) is 0 Å². The fourth-order valence-electron chi connectivity index (χ4n) is 2.26. The highest BCUT2D eigenvalue weighted by Gasteiger charge is 1.99. The van der Waals surface area contributed by atoms with Gasteiger partial charge in [-0.25, -0.2) is 4.39 Å². The van der Waals surface area contributed by atoms with Crippen molar-refractivity contribution < 1.29 is 9.18 Å². The molecule has 0 radical (unpaired) electrons. The minimum absolute atomic E-state index is 0.166. The summed E-state index contributed by atoms with van der Waals surface area (Å²) >= 11 is 0. The van der Waals surface area contributed by atoms with Gasteiger partial charge in [0.2, 0.25) is 5.91 Å². The minimum Gasteiger partial charge on any atom is -0.348 e. The van der Waals surface area contributed by atoms with Crippen LogP contribution in [0, 0.1) is 11.7 Å². The number of halogens is 1. The summed E-state index contributed by atoms with van der Waals surface area (Å²) in [5.41, 5.74) is 3.17. The molecule has 0 unspecified atom stereocenters. The van der Waals surface area contributed by atoms with E-state index in [0.29, 0.717) is 12.5 Å². The van der Waals surface area contributed by atoms with Gasteiger partial charge in [0, 0.05) is 12.6 Å². The van der Waals surface area contributed by atoms with Gasteiger partial charge in [-0.1, -0.05) is 50.2 Å². The van der Waals surface area contributed by atoms with Gasteiger partial charge in [0.1, 0.15) is 5.82 Å². The first-order valence-corrected chi connectivity index (χ1v) is 7.82. The van der Waals surface area contributed by atoms with Crippen LogP contribution in [-0.4, -0.2) is 5.91 Å². The molecule has 0 heterocycles. The average molecular weight is 311 g/mol. The van der Waals surface area contributed by atoms with Crippen molar-refractivity contribution in [3.63, 3.8) is 0 Å². The molecule has 2 aromatic carbocycles. The summed E-state index contributed by atoms with van der Waals surface area (Å²) in [5.74, 6) is 0.190. The molecule has 0 aliphatic carbocycles. The van der Waals surface area contributed by atoms with Crippen molar-refractivity contribution in [1.82, 2.24) is 5.32 Å². The first-order valence-electron chi connectivity index (χ1n) is 7.82. The third kappa shape index (κ3) is 6.07. The number of benzene rings is 2. The molecule has 0 aliphatic heterocycles. The highest BCUT2D eigenvalue weighted by molar-refractivity contribution is 5.91. The van der Waals surface area contributed by atoms with Gasteiger partial charge >= 0.3 is 0 Å². The van der Waals surface area contributed by atoms with Gasteiger partial charge < -0.3 is 5.32 Å². The van der Waals surface area contributed by atoms with Crippen LogP contribution in [0.5, 0.6) is 0 Å². The quantitative estimate of drug-likeness (QED) is 0.789. The molecular formula is C20H22FNO. The van der Waals surface area contributed by atoms with Crippen molar-refractivity contribution in [2.24, 2.45) is 5.92 Å². The molecular weight excluding hydrogens is 289 g/mol. The van der Waals surface area contributed by atoms with Crippen LogP contribution in [0.2, 0.25) is 0 Å². The summed E-state index contributed by atoms with van der Waals surface area (Å²) in [7, 11) is 0. The van der Waals surface area contributed by atoms with E-state index in [2.05, 4.69) is 31.3 Å². The SMILES string of the molecule is CC(C)Cc1ccc(C=CC(=O)NCc2ccc(F)cc2)cc1. The second-order valence-corrected chi connectivity index (χ2v) is 6.02. The summed E-state index contributed by atoms with van der Waals surface area (Å²) in [6.45, 7) is 4.77. The van der Waals surface area contributed by atoms with Crippen LogP contribution in [0.3, 0.4) is 0 Å². The van der Waals surface area contributed by atoms with Crippen molar-refractivity contribution in [2.75, 3.05) is 0 Å². The molecule has 2 aromatic rings. The standard InChI is InChI=1S/C20H22FNO/c1-15(2)13-17-5-3-16(4-6-17)9-12-20(23)22-14-18-7-10-19(21)11-8-18/h3-12,15H,13-14H2,1-2H3,(H,22,23). The summed E-state index contributed by atoms with van der Waals surface area (Å²) < 4.78 is 12.8. The molecule has 120 valence electrons. The maximum absolute atomic E-state index is 12.8. The van der Waals surface area contributed by atoms with Gasteiger partial charge in [0.25, 0.3) is 0 Å². The molecule has 2 rings (SSSR count). The van der Waals surface area contributed by atoms with Crippen LogP contribution >= 0.6 is 0 Å². The lowest BCUT2D eigenvalue weighted by Crippen LogP contribution is -2.20. The summed E-state index contributed by atoms with van der Waals surface area (Å²) in [6, 6.07) is 14.3. The zero-order valence-corrected chi connectivity index (χ0v) is 13.6. The maximum Gasteiger partial charge on any atom is 0.244 e. The topological polar surface area (TPSA) is 29.1 Å². The van der Waals surface area contributed by atoms with Crippen molar-refractivity contribution in [3.05, 3.63) is 77.1 Å². The Kier molecular flexibility index (Phi) is 6.10. The van der Waals surface area contributed by atoms with Gasteiger partial charge in [0.15, 0.2) is 0 Å². The second kappa shape index (κ2) is 8.28. The number of hydrogen-bond donors (Lipinski definition) is 1. The van der Waals surface area contributed by atoms with E-state index in [9.17, 15) is 9.18 Å². The number of amides is 1. The van der Waals surface area contributed by atoms with Crippen LogP contribution in [0.4, 0.5) is 4.39 Å². The fourth-order valence-corrected chi connectivity index (χ4v) is 2.26. The Morgan fingerprint density at radius 1 is 1.04 bits per heavy atom. The minimum atomic E-state index is -0.277. The van der Waals surface area contributed by atoms with E-state index < -0.39 is 0 Å². The third-order valence-electron chi connectivity index (χ3n) is 3.43. The van der Waals surface area contributed by atoms with Gasteiger partial charge in [-0.05, 0) is 47.2 Å². The van der Waals surface area contributed by atoms with Gasteiger partial charge in [-0.3, -0.25) is 4.79 Å². The lowest BCUT2D eigenvalue weighted by atomic mass is 10.0. The number of rotatable bonds is 6. The van der Waals surface area contributed by atoms with Crippen LogP contribution in [0.1, 0.15) is 30.5 Å². The van der Waals surface area contributed by atoms with E-state index in [1.165, 1.54) is 23.8 Å². The number of nitrogens with one attached hydrogen (secondary N) is 1. The Balaban J connectivity index is 1.84. The smallest absolute Gasteiger partial charge is 0.244 e. The van der Waals surface area contributed by atoms with Gasteiger partial charge in [0.05, 0.1) is 0 Å². The molecule has 0 aromatic heterocycles. The largest absolute Gasteiger partial charge is 0.348 e. The molecule has 1 N–H and O–H groups in total. The predicted molar refractivity (Wildman–Crippen MR) is 92.3 cm³/mol. The van der Waals surface area contributed by atoms with E-state index in [-0.39, 0.29) is 11.7 Å². The molecule has 0 saturated heterocycles. The lowest BCUT2D eigenvalue weighted by molar-refractivity contribution is -0.116. The van der Waals surface area contributed by atoms with Crippen molar-refractivity contribution in [2.45, 2.75) is 26.8 Å². The Bertz CT molecular complexity index is 657. The number of hydrogen-bond acceptors (Lipinski definition) is 1. The lowest BCUT2D eigenvalue weighted by Gasteiger charge is -2.05. The molecule has 2 nitrogen and oxygen atoms in total. The summed E-state index contributed by atoms with van der Waals surface area (Å²) in [6.07, 6.45) is 4.36. The normalized spacial score (nSPS) is 11.1. The van der Waals surface area contributed by atoms with E-state index in [4.69, 9.17) is 0 Å². The van der Waals surface area contributed by atoms with Crippen molar-refractivity contribution in [1.29, 1.82) is 0 Å². The van der Waals surface area contributed by atoms with E-state index in [1.807, 2.05) is 12.1 Å². The molecule has 0 atom stereocenters. The van der Waals surface area contributed by atoms with Crippen molar-refractivity contribution in [3.8, 4) is 0 Å². The molecule has 0 saturated carbocycles. The average Bonchev–Trinajstić information content (AvgIpc) is 2.53. The zero-order chi connectivity index (χ0) is 16.7. The Labute approximate surface area is 137 Å². The second-order valence-electron chi connectivity index (χ2n) is 6.02. The zero-order valence-electron chi connectivity index (χ0n) is 13.6. The van der Waals surface area contributed by atoms with E-state index >= 15 is 0 Å². The van der Waals surface area contributed by atoms with Gasteiger partial charge in [-0.15, -0.1) is 0 Å². The highest BCUT2D eigenvalue weighted by atomic mass is 19.1. The molecule has 0 bridgehead atoms. The van der Waals surface area contributed by atoms with Crippen LogP contribution in [0.15, 0.2) is 54.6 Å². The summed E-state index contributed by atoms with van der Waals surface area (Å²) in [5, 5.41) is 2.78. The van der Waals surface area contributed by atoms with Crippen molar-refractivity contribution >= 4 is 12.0 Å². The molecule has 3 heteroatoms. The Morgan fingerprint density at radius 2 is 1.65 bits per heavy atom. The molecule has 0 spiro atoms. The first-order chi connectivity index (χ1) is 11.0. The van der Waals surface area contributed by atoms with Crippen LogP contribution < -0.4 is 5.32 Å². The van der Waals surface area contributed by atoms with E-state index in [1.54, 1.807) is 18.2 Å². The Morgan fingerprint density at radius 3 is 2.26 bits per heavy atom.